The normalized spacial score (nSPS) is 29.1. The molecule has 2 aliphatic carbocycles. The fourth-order valence-electron chi connectivity index (χ4n) is 4.10. The van der Waals surface area contributed by atoms with Gasteiger partial charge in [0.25, 0.3) is 0 Å². The fourth-order valence-corrected chi connectivity index (χ4v) is 4.10. The number of Topliss-reactive ketones (excluding diaryl/α,β-unsaturated/α-hetero) is 1. The number of aryl methyl sites for hydroxylation is 2. The van der Waals surface area contributed by atoms with Crippen molar-refractivity contribution in [2.24, 2.45) is 24.8 Å². The lowest BCUT2D eigenvalue weighted by atomic mass is 9.84. The lowest BCUT2D eigenvalue weighted by molar-refractivity contribution is -0.119. The zero-order valence-electron chi connectivity index (χ0n) is 12.1. The van der Waals surface area contributed by atoms with Crippen LogP contribution in [0.1, 0.15) is 50.4 Å². The van der Waals surface area contributed by atoms with E-state index in [1.54, 1.807) is 0 Å². The summed E-state index contributed by atoms with van der Waals surface area (Å²) in [5.74, 6) is 2.88. The van der Waals surface area contributed by atoms with Crippen LogP contribution in [0.5, 0.6) is 0 Å². The largest absolute Gasteiger partial charge is 0.299 e. The molecule has 0 spiro atoms. The number of fused-ring (bicyclic) bond motifs is 2. The Balaban J connectivity index is 1.57. The molecule has 0 aliphatic heterocycles. The Kier molecular flexibility index (Phi) is 3.46. The SMILES string of the molecule is CCc1cc(CC(=O)CC2CC3CCC2C3)n(C)n1. The first-order chi connectivity index (χ1) is 9.15. The fraction of sp³-hybridized carbons (Fsp3) is 0.750. The van der Waals surface area contributed by atoms with Gasteiger partial charge in [0.2, 0.25) is 0 Å². The number of carbonyl (C=O) groups is 1. The van der Waals surface area contributed by atoms with Crippen molar-refractivity contribution < 1.29 is 4.79 Å². The maximum atomic E-state index is 12.3. The highest BCUT2D eigenvalue weighted by molar-refractivity contribution is 5.80. The molecule has 0 N–H and O–H groups in total. The molecule has 3 atom stereocenters. The van der Waals surface area contributed by atoms with Gasteiger partial charge < -0.3 is 0 Å². The number of hydrogen-bond acceptors (Lipinski definition) is 2. The van der Waals surface area contributed by atoms with E-state index in [1.807, 2.05) is 11.7 Å². The lowest BCUT2D eigenvalue weighted by Crippen LogP contribution is -2.17. The van der Waals surface area contributed by atoms with Crippen LogP contribution in [0.4, 0.5) is 0 Å². The molecule has 3 rings (SSSR count). The van der Waals surface area contributed by atoms with E-state index in [4.69, 9.17) is 0 Å². The Morgan fingerprint density at radius 3 is 2.84 bits per heavy atom. The molecule has 1 aromatic rings. The highest BCUT2D eigenvalue weighted by Crippen LogP contribution is 2.49. The van der Waals surface area contributed by atoms with Gasteiger partial charge in [0, 0.05) is 25.6 Å². The summed E-state index contributed by atoms with van der Waals surface area (Å²) in [5.41, 5.74) is 2.16. The quantitative estimate of drug-likeness (QED) is 0.816. The molecule has 2 bridgehead atoms. The molecule has 1 aromatic heterocycles. The zero-order valence-corrected chi connectivity index (χ0v) is 12.1. The molecular weight excluding hydrogens is 236 g/mol. The molecule has 1 heterocycles. The number of ketones is 1. The van der Waals surface area contributed by atoms with Crippen LogP contribution in [0.25, 0.3) is 0 Å². The second-order valence-corrected chi connectivity index (χ2v) is 6.46. The average molecular weight is 260 g/mol. The van der Waals surface area contributed by atoms with Gasteiger partial charge in [-0.1, -0.05) is 13.3 Å². The Bertz CT molecular complexity index is 477. The Morgan fingerprint density at radius 1 is 1.42 bits per heavy atom. The van der Waals surface area contributed by atoms with Gasteiger partial charge in [-0.3, -0.25) is 9.48 Å². The second-order valence-electron chi connectivity index (χ2n) is 6.46. The number of hydrogen-bond donors (Lipinski definition) is 0. The third-order valence-corrected chi connectivity index (χ3v) is 5.14. The van der Waals surface area contributed by atoms with E-state index >= 15 is 0 Å². The second kappa shape index (κ2) is 5.10. The molecule has 19 heavy (non-hydrogen) atoms. The van der Waals surface area contributed by atoms with Gasteiger partial charge in [0.15, 0.2) is 0 Å². The first kappa shape index (κ1) is 12.9. The molecule has 0 radical (unpaired) electrons. The van der Waals surface area contributed by atoms with Crippen LogP contribution in [-0.2, 0) is 24.7 Å². The van der Waals surface area contributed by atoms with E-state index in [-0.39, 0.29) is 0 Å². The van der Waals surface area contributed by atoms with Crippen LogP contribution in [-0.4, -0.2) is 15.6 Å². The van der Waals surface area contributed by atoms with Gasteiger partial charge in [-0.15, -0.1) is 0 Å². The van der Waals surface area contributed by atoms with Crippen molar-refractivity contribution in [2.45, 2.75) is 51.9 Å². The summed E-state index contributed by atoms with van der Waals surface area (Å²) in [6.07, 6.45) is 7.79. The first-order valence-electron chi connectivity index (χ1n) is 7.69. The van der Waals surface area contributed by atoms with E-state index in [0.29, 0.717) is 18.1 Å². The molecule has 0 amide bonds. The van der Waals surface area contributed by atoms with Crippen LogP contribution >= 0.6 is 0 Å². The van der Waals surface area contributed by atoms with Crippen molar-refractivity contribution >= 4 is 5.78 Å². The summed E-state index contributed by atoms with van der Waals surface area (Å²) >= 11 is 0. The summed E-state index contributed by atoms with van der Waals surface area (Å²) < 4.78 is 1.87. The van der Waals surface area contributed by atoms with E-state index in [0.717, 1.165) is 36.1 Å². The maximum Gasteiger partial charge on any atom is 0.139 e. The van der Waals surface area contributed by atoms with Gasteiger partial charge in [-0.25, -0.2) is 0 Å². The van der Waals surface area contributed by atoms with Crippen LogP contribution in [0.15, 0.2) is 6.07 Å². The molecule has 3 unspecified atom stereocenters. The van der Waals surface area contributed by atoms with Gasteiger partial charge in [-0.2, -0.15) is 5.10 Å². The number of rotatable bonds is 5. The standard InChI is InChI=1S/C16H24N2O/c1-3-14-9-15(18(2)17-14)10-16(19)8-13-7-11-4-5-12(13)6-11/h9,11-13H,3-8,10H2,1-2H3. The van der Waals surface area contributed by atoms with E-state index in [9.17, 15) is 4.79 Å². The summed E-state index contributed by atoms with van der Waals surface area (Å²) in [5, 5.41) is 4.42. The van der Waals surface area contributed by atoms with Gasteiger partial charge >= 0.3 is 0 Å². The molecule has 2 aliphatic rings. The summed E-state index contributed by atoms with van der Waals surface area (Å²) in [6, 6.07) is 2.08. The molecule has 3 heteroatoms. The van der Waals surface area contributed by atoms with Crippen molar-refractivity contribution in [1.82, 2.24) is 9.78 Å². The van der Waals surface area contributed by atoms with Crippen molar-refractivity contribution in [3.05, 3.63) is 17.5 Å². The topological polar surface area (TPSA) is 34.9 Å². The Hall–Kier alpha value is -1.12. The highest BCUT2D eigenvalue weighted by Gasteiger charge is 2.39. The lowest BCUT2D eigenvalue weighted by Gasteiger charge is -2.20. The van der Waals surface area contributed by atoms with E-state index in [1.165, 1.54) is 25.7 Å². The number of carbonyl (C=O) groups excluding carboxylic acids is 1. The van der Waals surface area contributed by atoms with Crippen molar-refractivity contribution in [1.29, 1.82) is 0 Å². The van der Waals surface area contributed by atoms with Crippen LogP contribution in [0, 0.1) is 17.8 Å². The predicted molar refractivity (Wildman–Crippen MR) is 74.9 cm³/mol. The highest BCUT2D eigenvalue weighted by atomic mass is 16.1. The first-order valence-corrected chi connectivity index (χ1v) is 7.69. The number of nitrogens with zero attached hydrogens (tertiary/aromatic N) is 2. The zero-order chi connectivity index (χ0) is 13.4. The average Bonchev–Trinajstić information content (AvgIpc) is 3.05. The molecule has 0 aromatic carbocycles. The van der Waals surface area contributed by atoms with Gasteiger partial charge in [0.05, 0.1) is 5.69 Å². The van der Waals surface area contributed by atoms with Crippen LogP contribution < -0.4 is 0 Å². The summed E-state index contributed by atoms with van der Waals surface area (Å²) in [7, 11) is 1.94. The summed E-state index contributed by atoms with van der Waals surface area (Å²) in [4.78, 5) is 12.3. The molecule has 104 valence electrons. The molecule has 2 fully saturated rings. The minimum Gasteiger partial charge on any atom is -0.299 e. The molecule has 3 nitrogen and oxygen atoms in total. The minimum absolute atomic E-state index is 0.406. The molecule has 2 saturated carbocycles. The monoisotopic (exact) mass is 260 g/mol. The number of aromatic nitrogens is 2. The van der Waals surface area contributed by atoms with Crippen LogP contribution in [0.2, 0.25) is 0 Å². The minimum atomic E-state index is 0.406. The van der Waals surface area contributed by atoms with E-state index in [2.05, 4.69) is 18.1 Å². The molecular formula is C16H24N2O. The third kappa shape index (κ3) is 2.60. The Morgan fingerprint density at radius 2 is 2.26 bits per heavy atom. The van der Waals surface area contributed by atoms with Crippen LogP contribution in [0.3, 0.4) is 0 Å². The third-order valence-electron chi connectivity index (χ3n) is 5.14. The van der Waals surface area contributed by atoms with Crippen molar-refractivity contribution in [3.63, 3.8) is 0 Å². The van der Waals surface area contributed by atoms with Crippen molar-refractivity contribution in [3.8, 4) is 0 Å². The Labute approximate surface area is 115 Å². The smallest absolute Gasteiger partial charge is 0.139 e. The van der Waals surface area contributed by atoms with Gasteiger partial charge in [0.1, 0.15) is 5.78 Å². The predicted octanol–water partition coefficient (Wildman–Crippen LogP) is 2.92. The van der Waals surface area contributed by atoms with Gasteiger partial charge in [-0.05, 0) is 49.5 Å². The molecule has 0 saturated heterocycles. The van der Waals surface area contributed by atoms with Crippen molar-refractivity contribution in [2.75, 3.05) is 0 Å². The summed E-state index contributed by atoms with van der Waals surface area (Å²) in [6.45, 7) is 2.10. The maximum absolute atomic E-state index is 12.3. The van der Waals surface area contributed by atoms with E-state index < -0.39 is 0 Å².